The number of rotatable bonds is 3. The molecule has 5 heteroatoms. The SMILES string of the molecule is CC(OC=O)N1CNC(=O)c2ccccc21. The molecule has 1 N–H and O–H groups in total. The summed E-state index contributed by atoms with van der Waals surface area (Å²) in [6.45, 7) is 2.50. The van der Waals surface area contributed by atoms with E-state index in [2.05, 4.69) is 5.32 Å². The van der Waals surface area contributed by atoms with Crippen molar-refractivity contribution in [1.82, 2.24) is 5.32 Å². The number of hydrogen-bond acceptors (Lipinski definition) is 4. The van der Waals surface area contributed by atoms with Crippen LogP contribution in [0.3, 0.4) is 0 Å². The summed E-state index contributed by atoms with van der Waals surface area (Å²) in [4.78, 5) is 23.7. The molecule has 1 aromatic carbocycles. The van der Waals surface area contributed by atoms with Gasteiger partial charge < -0.3 is 15.0 Å². The molecular formula is C11H12N2O3. The number of anilines is 1. The maximum absolute atomic E-state index is 11.6. The van der Waals surface area contributed by atoms with Crippen molar-refractivity contribution >= 4 is 18.1 Å². The fourth-order valence-electron chi connectivity index (χ4n) is 1.73. The van der Waals surface area contributed by atoms with E-state index in [1.165, 1.54) is 0 Å². The van der Waals surface area contributed by atoms with Gasteiger partial charge in [0.15, 0.2) is 6.23 Å². The highest BCUT2D eigenvalue weighted by atomic mass is 16.5. The molecule has 0 aliphatic carbocycles. The van der Waals surface area contributed by atoms with Crippen molar-refractivity contribution in [2.75, 3.05) is 11.6 Å². The average molecular weight is 220 g/mol. The van der Waals surface area contributed by atoms with Gasteiger partial charge in [-0.1, -0.05) is 12.1 Å². The van der Waals surface area contributed by atoms with Crippen LogP contribution in [0.2, 0.25) is 0 Å². The number of nitrogens with one attached hydrogen (secondary N) is 1. The Balaban J connectivity index is 2.34. The van der Waals surface area contributed by atoms with Gasteiger partial charge >= 0.3 is 0 Å². The molecule has 1 atom stereocenters. The molecule has 1 aliphatic heterocycles. The second-order valence-corrected chi connectivity index (χ2v) is 3.48. The van der Waals surface area contributed by atoms with Crippen LogP contribution >= 0.6 is 0 Å². The van der Waals surface area contributed by atoms with Crippen molar-refractivity contribution in [3.63, 3.8) is 0 Å². The Morgan fingerprint density at radius 1 is 1.50 bits per heavy atom. The van der Waals surface area contributed by atoms with E-state index in [4.69, 9.17) is 4.74 Å². The molecule has 1 aromatic rings. The van der Waals surface area contributed by atoms with E-state index >= 15 is 0 Å². The Bertz CT molecular complexity index is 419. The molecule has 0 radical (unpaired) electrons. The zero-order chi connectivity index (χ0) is 11.5. The number of amides is 1. The predicted octanol–water partition coefficient (Wildman–Crippen LogP) is 0.713. The Labute approximate surface area is 93.0 Å². The number of nitrogens with zero attached hydrogens (tertiary/aromatic N) is 1. The first-order valence-electron chi connectivity index (χ1n) is 4.97. The molecule has 0 bridgehead atoms. The summed E-state index contributed by atoms with van der Waals surface area (Å²) < 4.78 is 4.87. The number of hydrogen-bond donors (Lipinski definition) is 1. The Morgan fingerprint density at radius 3 is 3.00 bits per heavy atom. The molecular weight excluding hydrogens is 208 g/mol. The lowest BCUT2D eigenvalue weighted by atomic mass is 10.1. The van der Waals surface area contributed by atoms with Crippen LogP contribution in [0.4, 0.5) is 5.69 Å². The molecule has 1 unspecified atom stereocenters. The van der Waals surface area contributed by atoms with E-state index in [-0.39, 0.29) is 5.91 Å². The minimum absolute atomic E-state index is 0.106. The molecule has 2 rings (SSSR count). The van der Waals surface area contributed by atoms with Crippen molar-refractivity contribution in [3.05, 3.63) is 29.8 Å². The zero-order valence-electron chi connectivity index (χ0n) is 8.84. The average Bonchev–Trinajstić information content (AvgIpc) is 2.30. The van der Waals surface area contributed by atoms with Gasteiger partial charge in [-0.15, -0.1) is 0 Å². The zero-order valence-corrected chi connectivity index (χ0v) is 8.84. The van der Waals surface area contributed by atoms with Gasteiger partial charge in [-0.25, -0.2) is 0 Å². The normalized spacial score (nSPS) is 16.1. The first kappa shape index (κ1) is 10.5. The van der Waals surface area contributed by atoms with Crippen LogP contribution in [0.1, 0.15) is 17.3 Å². The number of para-hydroxylation sites is 1. The molecule has 5 nitrogen and oxygen atoms in total. The smallest absolute Gasteiger partial charge is 0.294 e. The third-order valence-corrected chi connectivity index (χ3v) is 2.56. The summed E-state index contributed by atoms with van der Waals surface area (Å²) in [5.74, 6) is -0.106. The van der Waals surface area contributed by atoms with E-state index in [0.717, 1.165) is 5.69 Å². The summed E-state index contributed by atoms with van der Waals surface area (Å²) >= 11 is 0. The number of benzene rings is 1. The van der Waals surface area contributed by atoms with E-state index in [9.17, 15) is 9.59 Å². The molecule has 0 saturated carbocycles. The van der Waals surface area contributed by atoms with Crippen LogP contribution in [0.15, 0.2) is 24.3 Å². The minimum Gasteiger partial charge on any atom is -0.444 e. The third-order valence-electron chi connectivity index (χ3n) is 2.56. The lowest BCUT2D eigenvalue weighted by Crippen LogP contribution is -2.48. The standard InChI is InChI=1S/C11H12N2O3/c1-8(16-7-14)13-6-12-11(15)9-4-2-3-5-10(9)13/h2-5,7-8H,6H2,1H3,(H,12,15). The van der Waals surface area contributed by atoms with E-state index in [1.807, 2.05) is 17.0 Å². The summed E-state index contributed by atoms with van der Waals surface area (Å²) in [5, 5.41) is 2.72. The van der Waals surface area contributed by atoms with Crippen LogP contribution in [0.25, 0.3) is 0 Å². The molecule has 84 valence electrons. The molecule has 1 amide bonds. The monoisotopic (exact) mass is 220 g/mol. The maximum Gasteiger partial charge on any atom is 0.294 e. The van der Waals surface area contributed by atoms with Gasteiger partial charge in [0.1, 0.15) is 0 Å². The van der Waals surface area contributed by atoms with Crippen LogP contribution in [0.5, 0.6) is 0 Å². The van der Waals surface area contributed by atoms with E-state index in [0.29, 0.717) is 18.7 Å². The van der Waals surface area contributed by atoms with Gasteiger partial charge in [-0.2, -0.15) is 0 Å². The lowest BCUT2D eigenvalue weighted by molar-refractivity contribution is -0.132. The van der Waals surface area contributed by atoms with Crippen LogP contribution in [0, 0.1) is 0 Å². The highest BCUT2D eigenvalue weighted by Gasteiger charge is 2.25. The van der Waals surface area contributed by atoms with Gasteiger partial charge in [0.05, 0.1) is 17.9 Å². The van der Waals surface area contributed by atoms with Crippen LogP contribution in [-0.2, 0) is 9.53 Å². The summed E-state index contributed by atoms with van der Waals surface area (Å²) in [5.41, 5.74) is 1.37. The summed E-state index contributed by atoms with van der Waals surface area (Å²) in [7, 11) is 0. The third kappa shape index (κ3) is 1.71. The molecule has 0 fully saturated rings. The Hall–Kier alpha value is -2.04. The van der Waals surface area contributed by atoms with Crippen LogP contribution in [-0.4, -0.2) is 25.3 Å². The van der Waals surface area contributed by atoms with Crippen molar-refractivity contribution in [1.29, 1.82) is 0 Å². The van der Waals surface area contributed by atoms with Crippen molar-refractivity contribution in [3.8, 4) is 0 Å². The summed E-state index contributed by atoms with van der Waals surface area (Å²) in [6, 6.07) is 7.22. The van der Waals surface area contributed by atoms with Gasteiger partial charge in [-0.05, 0) is 19.1 Å². The largest absolute Gasteiger partial charge is 0.444 e. The minimum atomic E-state index is -0.403. The first-order valence-corrected chi connectivity index (χ1v) is 4.97. The number of carbonyl (C=O) groups excluding carboxylic acids is 2. The topological polar surface area (TPSA) is 58.6 Å². The fourth-order valence-corrected chi connectivity index (χ4v) is 1.73. The highest BCUT2D eigenvalue weighted by molar-refractivity contribution is 6.01. The maximum atomic E-state index is 11.6. The molecule has 1 heterocycles. The van der Waals surface area contributed by atoms with E-state index in [1.54, 1.807) is 19.1 Å². The second-order valence-electron chi connectivity index (χ2n) is 3.48. The summed E-state index contributed by atoms with van der Waals surface area (Å²) in [6.07, 6.45) is -0.403. The second kappa shape index (κ2) is 4.22. The van der Waals surface area contributed by atoms with Crippen molar-refractivity contribution < 1.29 is 14.3 Å². The van der Waals surface area contributed by atoms with Gasteiger partial charge in [0, 0.05) is 0 Å². The quantitative estimate of drug-likeness (QED) is 0.762. The molecule has 1 aliphatic rings. The fraction of sp³-hybridized carbons (Fsp3) is 0.273. The highest BCUT2D eigenvalue weighted by Crippen LogP contribution is 2.24. The number of carbonyl (C=O) groups is 2. The Morgan fingerprint density at radius 2 is 2.25 bits per heavy atom. The van der Waals surface area contributed by atoms with Gasteiger partial charge in [0.2, 0.25) is 0 Å². The Kier molecular flexibility index (Phi) is 2.76. The number of ether oxygens (including phenoxy) is 1. The molecule has 16 heavy (non-hydrogen) atoms. The molecule has 0 spiro atoms. The van der Waals surface area contributed by atoms with Gasteiger partial charge in [0.25, 0.3) is 12.4 Å². The number of fused-ring (bicyclic) bond motifs is 1. The van der Waals surface area contributed by atoms with Crippen molar-refractivity contribution in [2.24, 2.45) is 0 Å². The van der Waals surface area contributed by atoms with Gasteiger partial charge in [-0.3, -0.25) is 9.59 Å². The lowest BCUT2D eigenvalue weighted by Gasteiger charge is -2.34. The molecule has 0 aromatic heterocycles. The van der Waals surface area contributed by atoms with E-state index < -0.39 is 6.23 Å². The van der Waals surface area contributed by atoms with Crippen molar-refractivity contribution in [2.45, 2.75) is 13.2 Å². The molecule has 0 saturated heterocycles. The van der Waals surface area contributed by atoms with Crippen LogP contribution < -0.4 is 10.2 Å². The predicted molar refractivity (Wildman–Crippen MR) is 57.9 cm³/mol. The first-order chi connectivity index (χ1) is 7.74.